The van der Waals surface area contributed by atoms with Crippen molar-refractivity contribution in [2.24, 2.45) is 0 Å². The third kappa shape index (κ3) is 4.14. The van der Waals surface area contributed by atoms with Gasteiger partial charge < -0.3 is 19.3 Å². The largest absolute Gasteiger partial charge is 0.481 e. The molecular formula is C26H27N3O4. The molecule has 1 aliphatic heterocycles. The Hall–Kier alpha value is -3.87. The van der Waals surface area contributed by atoms with Crippen molar-refractivity contribution in [1.29, 1.82) is 0 Å². The Morgan fingerprint density at radius 3 is 2.33 bits per heavy atom. The fourth-order valence-corrected chi connectivity index (χ4v) is 4.49. The lowest BCUT2D eigenvalue weighted by Gasteiger charge is -2.43. The zero-order valence-corrected chi connectivity index (χ0v) is 19.2. The number of ether oxygens (including phenoxy) is 2. The number of para-hydroxylation sites is 2. The van der Waals surface area contributed by atoms with Gasteiger partial charge in [0.2, 0.25) is 17.7 Å². The number of rotatable bonds is 5. The molecule has 1 aliphatic rings. The zero-order valence-electron chi connectivity index (χ0n) is 19.2. The molecule has 2 aromatic carbocycles. The van der Waals surface area contributed by atoms with Gasteiger partial charge in [0.15, 0.2) is 0 Å². The van der Waals surface area contributed by atoms with E-state index >= 15 is 0 Å². The quantitative estimate of drug-likeness (QED) is 0.573. The first kappa shape index (κ1) is 22.3. The van der Waals surface area contributed by atoms with Crippen molar-refractivity contribution in [3.05, 3.63) is 77.9 Å². The Balaban J connectivity index is 1.78. The van der Waals surface area contributed by atoms with E-state index in [4.69, 9.17) is 9.47 Å². The van der Waals surface area contributed by atoms with Gasteiger partial charge in [0.25, 0.3) is 5.91 Å². The number of carbonyl (C=O) groups excluding carboxylic acids is 2. The summed E-state index contributed by atoms with van der Waals surface area (Å²) in [5, 5.41) is 0. The third-order valence-electron chi connectivity index (χ3n) is 5.93. The molecule has 3 aromatic rings. The smallest absolute Gasteiger partial charge is 0.264 e. The molecule has 170 valence electrons. The fourth-order valence-electron chi connectivity index (χ4n) is 4.49. The monoisotopic (exact) mass is 445 g/mol. The Bertz CT molecular complexity index is 1170. The van der Waals surface area contributed by atoms with E-state index in [0.717, 1.165) is 16.9 Å². The molecule has 4 rings (SSSR count). The van der Waals surface area contributed by atoms with Crippen LogP contribution in [0.15, 0.2) is 66.7 Å². The molecule has 0 aliphatic carbocycles. The van der Waals surface area contributed by atoms with Gasteiger partial charge in [-0.05, 0) is 43.2 Å². The number of methoxy groups -OCH3 is 2. The summed E-state index contributed by atoms with van der Waals surface area (Å²) >= 11 is 0. The van der Waals surface area contributed by atoms with Crippen molar-refractivity contribution in [2.75, 3.05) is 24.0 Å². The first-order valence-electron chi connectivity index (χ1n) is 10.8. The number of fused-ring (bicyclic) bond motifs is 1. The van der Waals surface area contributed by atoms with Gasteiger partial charge in [-0.15, -0.1) is 0 Å². The van der Waals surface area contributed by atoms with Gasteiger partial charge in [-0.25, -0.2) is 0 Å². The maximum Gasteiger partial charge on any atom is 0.264 e. The van der Waals surface area contributed by atoms with Crippen LogP contribution >= 0.6 is 0 Å². The Morgan fingerprint density at radius 2 is 1.67 bits per heavy atom. The van der Waals surface area contributed by atoms with Gasteiger partial charge in [0.05, 0.1) is 20.3 Å². The highest BCUT2D eigenvalue weighted by Gasteiger charge is 2.38. The maximum absolute atomic E-state index is 13.7. The average molecular weight is 446 g/mol. The van der Waals surface area contributed by atoms with Crippen LogP contribution in [-0.2, 0) is 4.79 Å². The summed E-state index contributed by atoms with van der Waals surface area (Å²) in [4.78, 5) is 34.3. The van der Waals surface area contributed by atoms with Gasteiger partial charge in [0.1, 0.15) is 5.56 Å². The van der Waals surface area contributed by atoms with E-state index in [1.165, 1.54) is 14.2 Å². The highest BCUT2D eigenvalue weighted by atomic mass is 16.5. The van der Waals surface area contributed by atoms with Gasteiger partial charge in [0, 0.05) is 30.4 Å². The molecule has 0 saturated carbocycles. The standard InChI is InChI=1S/C26H27N3O4/c1-17-16-23(29(18(2)30)19-10-6-5-7-11-19)20-12-8-9-13-22(20)28(17)26(31)21-14-15-24(32-3)27-25(21)33-4/h5-15,17,23H,16H2,1-4H3. The number of hydrogen-bond donors (Lipinski definition) is 0. The lowest BCUT2D eigenvalue weighted by atomic mass is 9.89. The molecule has 0 bridgehead atoms. The van der Waals surface area contributed by atoms with Gasteiger partial charge in [-0.1, -0.05) is 36.4 Å². The number of pyridine rings is 1. The molecule has 2 heterocycles. The first-order chi connectivity index (χ1) is 16.0. The number of anilines is 2. The second-order valence-electron chi connectivity index (χ2n) is 7.97. The molecule has 2 atom stereocenters. The predicted octanol–water partition coefficient (Wildman–Crippen LogP) is 4.63. The molecule has 33 heavy (non-hydrogen) atoms. The van der Waals surface area contributed by atoms with Gasteiger partial charge in [-0.3, -0.25) is 9.59 Å². The third-order valence-corrected chi connectivity index (χ3v) is 5.93. The summed E-state index contributed by atoms with van der Waals surface area (Å²) in [6.07, 6.45) is 0.586. The van der Waals surface area contributed by atoms with Crippen LogP contribution in [0.5, 0.6) is 11.8 Å². The fraction of sp³-hybridized carbons (Fsp3) is 0.269. The first-order valence-corrected chi connectivity index (χ1v) is 10.8. The van der Waals surface area contributed by atoms with Crippen LogP contribution in [0, 0.1) is 0 Å². The minimum atomic E-state index is -0.213. The second-order valence-corrected chi connectivity index (χ2v) is 7.97. The summed E-state index contributed by atoms with van der Waals surface area (Å²) in [6.45, 7) is 3.57. The molecule has 7 nitrogen and oxygen atoms in total. The summed E-state index contributed by atoms with van der Waals surface area (Å²) in [5.41, 5.74) is 2.87. The SMILES string of the molecule is COc1ccc(C(=O)N2c3ccccc3C(N(C(C)=O)c3ccccc3)CC2C)c(OC)n1. The Morgan fingerprint density at radius 1 is 0.970 bits per heavy atom. The average Bonchev–Trinajstić information content (AvgIpc) is 2.84. The molecule has 0 spiro atoms. The minimum Gasteiger partial charge on any atom is -0.481 e. The number of aromatic nitrogens is 1. The van der Waals surface area contributed by atoms with Gasteiger partial charge in [-0.2, -0.15) is 4.98 Å². The van der Waals surface area contributed by atoms with E-state index in [1.807, 2.05) is 66.4 Å². The zero-order chi connectivity index (χ0) is 23.5. The molecule has 1 aromatic heterocycles. The molecule has 2 unspecified atom stereocenters. The van der Waals surface area contributed by atoms with Crippen molar-refractivity contribution < 1.29 is 19.1 Å². The van der Waals surface area contributed by atoms with Gasteiger partial charge >= 0.3 is 0 Å². The van der Waals surface area contributed by atoms with Crippen molar-refractivity contribution in [2.45, 2.75) is 32.4 Å². The highest BCUT2D eigenvalue weighted by Crippen LogP contribution is 2.43. The van der Waals surface area contributed by atoms with E-state index in [2.05, 4.69) is 4.98 Å². The Labute approximate surface area is 193 Å². The van der Waals surface area contributed by atoms with E-state index in [9.17, 15) is 9.59 Å². The predicted molar refractivity (Wildman–Crippen MR) is 127 cm³/mol. The van der Waals surface area contributed by atoms with Crippen LogP contribution in [0.3, 0.4) is 0 Å². The van der Waals surface area contributed by atoms with Crippen molar-refractivity contribution in [3.8, 4) is 11.8 Å². The summed E-state index contributed by atoms with van der Waals surface area (Å²) < 4.78 is 10.5. The lowest BCUT2D eigenvalue weighted by Crippen LogP contribution is -2.47. The number of carbonyl (C=O) groups is 2. The highest BCUT2D eigenvalue weighted by molar-refractivity contribution is 6.09. The van der Waals surface area contributed by atoms with Crippen LogP contribution in [0.1, 0.15) is 42.2 Å². The summed E-state index contributed by atoms with van der Waals surface area (Å²) in [7, 11) is 2.99. The summed E-state index contributed by atoms with van der Waals surface area (Å²) in [6, 6.07) is 20.3. The number of hydrogen-bond acceptors (Lipinski definition) is 5. The second kappa shape index (κ2) is 9.32. The molecule has 2 amide bonds. The molecular weight excluding hydrogens is 418 g/mol. The molecule has 0 fully saturated rings. The van der Waals surface area contributed by atoms with Crippen LogP contribution in [0.4, 0.5) is 11.4 Å². The molecule has 0 saturated heterocycles. The lowest BCUT2D eigenvalue weighted by molar-refractivity contribution is -0.117. The number of benzene rings is 2. The van der Waals surface area contributed by atoms with E-state index in [1.54, 1.807) is 24.0 Å². The van der Waals surface area contributed by atoms with E-state index in [0.29, 0.717) is 17.9 Å². The maximum atomic E-state index is 13.7. The van der Waals surface area contributed by atoms with Crippen molar-refractivity contribution in [3.63, 3.8) is 0 Å². The van der Waals surface area contributed by atoms with Crippen LogP contribution in [-0.4, -0.2) is 37.1 Å². The molecule has 0 N–H and O–H groups in total. The normalized spacial score (nSPS) is 17.2. The number of nitrogens with zero attached hydrogens (tertiary/aromatic N) is 3. The molecule has 0 radical (unpaired) electrons. The molecule has 7 heteroatoms. The van der Waals surface area contributed by atoms with Crippen LogP contribution in [0.2, 0.25) is 0 Å². The Kier molecular flexibility index (Phi) is 6.31. The number of amides is 2. The topological polar surface area (TPSA) is 72.0 Å². The van der Waals surface area contributed by atoms with Crippen molar-refractivity contribution in [1.82, 2.24) is 4.98 Å². The summed E-state index contributed by atoms with van der Waals surface area (Å²) in [5.74, 6) is 0.319. The van der Waals surface area contributed by atoms with E-state index < -0.39 is 0 Å². The van der Waals surface area contributed by atoms with E-state index in [-0.39, 0.29) is 29.8 Å². The minimum absolute atomic E-state index is 0.0472. The van der Waals surface area contributed by atoms with Crippen LogP contribution < -0.4 is 19.3 Å². The van der Waals surface area contributed by atoms with Crippen LogP contribution in [0.25, 0.3) is 0 Å². The van der Waals surface area contributed by atoms with Crippen molar-refractivity contribution >= 4 is 23.2 Å².